The highest BCUT2D eigenvalue weighted by Gasteiger charge is 2.64. The molecule has 4 fully saturated rings. The van der Waals surface area contributed by atoms with E-state index in [0.717, 1.165) is 38.5 Å². The van der Waals surface area contributed by atoms with Crippen LogP contribution in [0.4, 0.5) is 4.79 Å². The molecule has 0 unspecified atom stereocenters. The number of hydrogen-bond acceptors (Lipinski definition) is 5. The van der Waals surface area contributed by atoms with Gasteiger partial charge >= 0.3 is 6.09 Å². The Morgan fingerprint density at radius 3 is 2.40 bits per heavy atom. The van der Waals surface area contributed by atoms with E-state index in [9.17, 15) is 20.1 Å². The zero-order valence-electron chi connectivity index (χ0n) is 22.8. The maximum atomic E-state index is 11.9. The minimum atomic E-state index is -0.944. The van der Waals surface area contributed by atoms with E-state index in [2.05, 4.69) is 26.1 Å². The lowest BCUT2D eigenvalue weighted by atomic mass is 9.41. The van der Waals surface area contributed by atoms with E-state index < -0.39 is 11.7 Å². The largest absolute Gasteiger partial charge is 0.450 e. The van der Waals surface area contributed by atoms with E-state index in [4.69, 9.17) is 4.74 Å². The number of aliphatic hydroxyl groups excluding tert-OH is 2. The van der Waals surface area contributed by atoms with Gasteiger partial charge in [0.15, 0.2) is 0 Å². The van der Waals surface area contributed by atoms with Gasteiger partial charge in [-0.1, -0.05) is 27.2 Å². The molecule has 1 amide bonds. The number of carbonyl (C=O) groups is 1. The van der Waals surface area contributed by atoms with Gasteiger partial charge in [0.2, 0.25) is 0 Å². The molecule has 0 aromatic heterocycles. The average Bonchev–Trinajstić information content (AvgIpc) is 3.12. The second-order valence-electron chi connectivity index (χ2n) is 13.7. The molecule has 6 heteroatoms. The summed E-state index contributed by atoms with van der Waals surface area (Å²) in [5, 5.41) is 34.6. The van der Waals surface area contributed by atoms with Gasteiger partial charge in [-0.15, -0.1) is 0 Å². The lowest BCUT2D eigenvalue weighted by Gasteiger charge is -2.64. The third-order valence-corrected chi connectivity index (χ3v) is 11.2. The molecule has 202 valence electrons. The number of fused-ring (bicyclic) bond motifs is 5. The topological polar surface area (TPSA) is 99.0 Å². The first-order valence-electron chi connectivity index (χ1n) is 14.4. The third kappa shape index (κ3) is 5.13. The zero-order chi connectivity index (χ0) is 25.6. The van der Waals surface area contributed by atoms with Gasteiger partial charge in [-0.2, -0.15) is 0 Å². The summed E-state index contributed by atoms with van der Waals surface area (Å²) < 4.78 is 5.36. The fourth-order valence-corrected chi connectivity index (χ4v) is 9.37. The summed E-state index contributed by atoms with van der Waals surface area (Å²) in [4.78, 5) is 11.9. The highest BCUT2D eigenvalue weighted by molar-refractivity contribution is 5.67. The van der Waals surface area contributed by atoms with Crippen molar-refractivity contribution < 1.29 is 24.9 Å². The van der Waals surface area contributed by atoms with Crippen LogP contribution in [0.1, 0.15) is 98.8 Å². The summed E-state index contributed by atoms with van der Waals surface area (Å²) >= 11 is 0. The molecular weight excluding hydrogens is 442 g/mol. The summed E-state index contributed by atoms with van der Waals surface area (Å²) in [7, 11) is 0. The molecular formula is C29H51NO5. The van der Waals surface area contributed by atoms with Gasteiger partial charge in [-0.3, -0.25) is 0 Å². The van der Waals surface area contributed by atoms with Crippen LogP contribution in [0.3, 0.4) is 0 Å². The molecule has 0 bridgehead atoms. The molecule has 10 atom stereocenters. The van der Waals surface area contributed by atoms with Gasteiger partial charge in [-0.25, -0.2) is 4.79 Å². The minimum Gasteiger partial charge on any atom is -0.450 e. The first kappa shape index (κ1) is 27.2. The van der Waals surface area contributed by atoms with Gasteiger partial charge in [0, 0.05) is 6.54 Å². The molecule has 4 aliphatic rings. The Kier molecular flexibility index (Phi) is 7.87. The molecule has 4 aliphatic carbocycles. The van der Waals surface area contributed by atoms with E-state index in [1.54, 1.807) is 13.8 Å². The molecule has 0 aromatic rings. The second-order valence-corrected chi connectivity index (χ2v) is 13.7. The van der Waals surface area contributed by atoms with Crippen molar-refractivity contribution in [2.75, 3.05) is 13.2 Å². The van der Waals surface area contributed by atoms with E-state index >= 15 is 0 Å². The average molecular weight is 494 g/mol. The molecule has 4 N–H and O–H groups in total. The number of rotatable bonds is 7. The van der Waals surface area contributed by atoms with Crippen molar-refractivity contribution in [3.05, 3.63) is 0 Å². The standard InChI is InChI=1S/C29H51NO5/c1-6-20-23-16-19(31)11-13-29(23,5)22-12-14-28(4)18(9-10-21(28)24(22)25(20)32)8-7-15-35-26(33)30-17-27(2,3)34/h18-25,31-32,34H,6-17H2,1-5H3,(H,30,33)/t18-,19+,20+,21-,22-,23-,24-,25+,28+,29+/m0/s1. The second kappa shape index (κ2) is 10.1. The van der Waals surface area contributed by atoms with Crippen LogP contribution in [-0.4, -0.2) is 52.4 Å². The lowest BCUT2D eigenvalue weighted by molar-refractivity contribution is -0.202. The van der Waals surface area contributed by atoms with Crippen molar-refractivity contribution in [2.24, 2.45) is 46.3 Å². The Labute approximate surface area is 212 Å². The maximum Gasteiger partial charge on any atom is 0.407 e. The predicted octanol–water partition coefficient (Wildman–Crippen LogP) is 4.89. The first-order chi connectivity index (χ1) is 16.4. The normalized spacial score (nSPS) is 45.3. The maximum absolute atomic E-state index is 11.9. The van der Waals surface area contributed by atoms with Crippen LogP contribution in [0.15, 0.2) is 0 Å². The molecule has 0 saturated heterocycles. The van der Waals surface area contributed by atoms with Crippen molar-refractivity contribution in [1.29, 1.82) is 0 Å². The van der Waals surface area contributed by atoms with Gasteiger partial charge in [0.05, 0.1) is 24.4 Å². The van der Waals surface area contributed by atoms with E-state index in [1.165, 1.54) is 25.7 Å². The first-order valence-corrected chi connectivity index (χ1v) is 14.4. The van der Waals surface area contributed by atoms with Gasteiger partial charge < -0.3 is 25.4 Å². The zero-order valence-corrected chi connectivity index (χ0v) is 22.8. The molecule has 35 heavy (non-hydrogen) atoms. The van der Waals surface area contributed by atoms with E-state index in [1.807, 2.05) is 0 Å². The van der Waals surface area contributed by atoms with Crippen LogP contribution < -0.4 is 5.32 Å². The van der Waals surface area contributed by atoms with Crippen LogP contribution in [0, 0.1) is 46.3 Å². The number of amides is 1. The molecule has 0 aromatic carbocycles. The number of ether oxygens (including phenoxy) is 1. The lowest BCUT2D eigenvalue weighted by Crippen LogP contribution is -2.62. The van der Waals surface area contributed by atoms with E-state index in [0.29, 0.717) is 42.1 Å². The predicted molar refractivity (Wildman–Crippen MR) is 137 cm³/mol. The monoisotopic (exact) mass is 493 g/mol. The SMILES string of the molecule is CC[C@H]1[C@@H](O)[C@@H]2[C@H](CC[C@]3(C)[C@@H](CCCOC(=O)NCC(C)(C)O)CC[C@@H]23)[C@@]2(C)CC[C@@H](O)C[C@@H]12. The van der Waals surface area contributed by atoms with Gasteiger partial charge in [-0.05, 0) is 118 Å². The highest BCUT2D eigenvalue weighted by atomic mass is 16.5. The van der Waals surface area contributed by atoms with Crippen LogP contribution >= 0.6 is 0 Å². The number of carbonyl (C=O) groups excluding carboxylic acids is 1. The van der Waals surface area contributed by atoms with Crippen LogP contribution in [0.2, 0.25) is 0 Å². The molecule has 0 aliphatic heterocycles. The summed E-state index contributed by atoms with van der Waals surface area (Å²) in [6, 6.07) is 0. The van der Waals surface area contributed by atoms with Crippen molar-refractivity contribution in [2.45, 2.75) is 117 Å². The molecule has 4 saturated carbocycles. The summed E-state index contributed by atoms with van der Waals surface area (Å²) in [5.74, 6) is 2.86. The summed E-state index contributed by atoms with van der Waals surface area (Å²) in [5.41, 5.74) is -0.450. The van der Waals surface area contributed by atoms with Crippen molar-refractivity contribution >= 4 is 6.09 Å². The smallest absolute Gasteiger partial charge is 0.407 e. The Morgan fingerprint density at radius 2 is 1.71 bits per heavy atom. The Hall–Kier alpha value is -0.850. The number of aliphatic hydroxyl groups is 3. The Morgan fingerprint density at radius 1 is 1.03 bits per heavy atom. The molecule has 4 rings (SSSR count). The Bertz CT molecular complexity index is 752. The van der Waals surface area contributed by atoms with Crippen LogP contribution in [-0.2, 0) is 4.74 Å². The minimum absolute atomic E-state index is 0.177. The fraction of sp³-hybridized carbons (Fsp3) is 0.966. The number of hydrogen-bond donors (Lipinski definition) is 4. The number of alkyl carbamates (subject to hydrolysis) is 1. The summed E-state index contributed by atoms with van der Waals surface area (Å²) in [6.07, 6.45) is 9.71. The van der Waals surface area contributed by atoms with Crippen LogP contribution in [0.5, 0.6) is 0 Å². The fourth-order valence-electron chi connectivity index (χ4n) is 9.37. The highest BCUT2D eigenvalue weighted by Crippen LogP contribution is 2.69. The number of nitrogens with one attached hydrogen (secondary N) is 1. The Balaban J connectivity index is 1.38. The molecule has 0 radical (unpaired) electrons. The van der Waals surface area contributed by atoms with Crippen molar-refractivity contribution in [3.8, 4) is 0 Å². The van der Waals surface area contributed by atoms with Crippen molar-refractivity contribution in [1.82, 2.24) is 5.32 Å². The van der Waals surface area contributed by atoms with Gasteiger partial charge in [0.25, 0.3) is 0 Å². The quantitative estimate of drug-likeness (QED) is 0.379. The van der Waals surface area contributed by atoms with E-state index in [-0.39, 0.29) is 29.6 Å². The molecule has 6 nitrogen and oxygen atoms in total. The molecule has 0 heterocycles. The van der Waals surface area contributed by atoms with Gasteiger partial charge in [0.1, 0.15) is 0 Å². The summed E-state index contributed by atoms with van der Waals surface area (Å²) in [6.45, 7) is 11.1. The third-order valence-electron chi connectivity index (χ3n) is 11.2. The van der Waals surface area contributed by atoms with Crippen LogP contribution in [0.25, 0.3) is 0 Å². The molecule has 0 spiro atoms. The van der Waals surface area contributed by atoms with Crippen molar-refractivity contribution in [3.63, 3.8) is 0 Å².